The van der Waals surface area contributed by atoms with Gasteiger partial charge >= 0.3 is 5.97 Å². The molecule has 0 aromatic carbocycles. The molecule has 3 heterocycles. The van der Waals surface area contributed by atoms with Gasteiger partial charge in [-0.05, 0) is 37.1 Å². The molecule has 0 bridgehead atoms. The van der Waals surface area contributed by atoms with Gasteiger partial charge < -0.3 is 9.64 Å². The van der Waals surface area contributed by atoms with Crippen LogP contribution in [0.5, 0.6) is 0 Å². The van der Waals surface area contributed by atoms with Gasteiger partial charge in [0.2, 0.25) is 0 Å². The summed E-state index contributed by atoms with van der Waals surface area (Å²) in [6.07, 6.45) is 5.03. The Bertz CT molecular complexity index is 545. The van der Waals surface area contributed by atoms with Gasteiger partial charge in [0.15, 0.2) is 0 Å². The van der Waals surface area contributed by atoms with Gasteiger partial charge in [0.05, 0.1) is 5.69 Å². The Morgan fingerprint density at radius 2 is 2.10 bits per heavy atom. The molecule has 20 heavy (non-hydrogen) atoms. The van der Waals surface area contributed by atoms with Crippen molar-refractivity contribution in [3.8, 4) is 0 Å². The first-order chi connectivity index (χ1) is 9.60. The van der Waals surface area contributed by atoms with E-state index in [0.717, 1.165) is 43.9 Å². The Balaban J connectivity index is 1.73. The lowest BCUT2D eigenvalue weighted by Crippen LogP contribution is -2.44. The standard InChI is InChI=1S/C16H20N2O2/c1-3-13-10-12(2)11-14(17-13)18-8-6-16(7-9-18)5-4-15(19)20-16/h3,10-11H,1,4-9H2,2H3. The number of anilines is 1. The van der Waals surface area contributed by atoms with Crippen molar-refractivity contribution >= 4 is 17.9 Å². The van der Waals surface area contributed by atoms with Crippen molar-refractivity contribution in [2.45, 2.75) is 38.2 Å². The molecule has 1 aromatic rings. The highest BCUT2D eigenvalue weighted by Crippen LogP contribution is 2.37. The van der Waals surface area contributed by atoms with Crippen LogP contribution in [-0.2, 0) is 9.53 Å². The maximum atomic E-state index is 11.3. The lowest BCUT2D eigenvalue weighted by Gasteiger charge is -2.38. The van der Waals surface area contributed by atoms with Gasteiger partial charge in [-0.15, -0.1) is 0 Å². The second-order valence-corrected chi connectivity index (χ2v) is 5.78. The summed E-state index contributed by atoms with van der Waals surface area (Å²) in [6.45, 7) is 7.64. The zero-order chi connectivity index (χ0) is 14.2. The highest BCUT2D eigenvalue weighted by atomic mass is 16.6. The molecular formula is C16H20N2O2. The predicted octanol–water partition coefficient (Wildman–Crippen LogP) is 2.71. The van der Waals surface area contributed by atoms with Crippen LogP contribution in [0, 0.1) is 6.92 Å². The number of hydrogen-bond acceptors (Lipinski definition) is 4. The summed E-state index contributed by atoms with van der Waals surface area (Å²) in [4.78, 5) is 18.2. The second-order valence-electron chi connectivity index (χ2n) is 5.78. The maximum Gasteiger partial charge on any atom is 0.306 e. The van der Waals surface area contributed by atoms with Gasteiger partial charge in [-0.2, -0.15) is 0 Å². The Morgan fingerprint density at radius 3 is 2.70 bits per heavy atom. The van der Waals surface area contributed by atoms with Crippen molar-refractivity contribution in [3.63, 3.8) is 0 Å². The molecule has 4 heteroatoms. The minimum atomic E-state index is -0.196. The number of ether oxygens (including phenoxy) is 1. The molecule has 4 nitrogen and oxygen atoms in total. The van der Waals surface area contributed by atoms with Crippen molar-refractivity contribution in [2.24, 2.45) is 0 Å². The number of nitrogens with zero attached hydrogens (tertiary/aromatic N) is 2. The van der Waals surface area contributed by atoms with E-state index in [4.69, 9.17) is 4.74 Å². The minimum absolute atomic E-state index is 0.0407. The van der Waals surface area contributed by atoms with Crippen LogP contribution < -0.4 is 4.90 Å². The molecule has 0 aliphatic carbocycles. The number of rotatable bonds is 2. The largest absolute Gasteiger partial charge is 0.459 e. The Hall–Kier alpha value is -1.84. The number of piperidine rings is 1. The average molecular weight is 272 g/mol. The molecule has 1 aromatic heterocycles. The summed E-state index contributed by atoms with van der Waals surface area (Å²) in [5, 5.41) is 0. The van der Waals surface area contributed by atoms with E-state index in [9.17, 15) is 4.79 Å². The van der Waals surface area contributed by atoms with E-state index in [1.165, 1.54) is 5.56 Å². The highest BCUT2D eigenvalue weighted by Gasteiger charge is 2.42. The molecule has 0 N–H and O–H groups in total. The van der Waals surface area contributed by atoms with E-state index in [-0.39, 0.29) is 11.6 Å². The molecule has 106 valence electrons. The summed E-state index contributed by atoms with van der Waals surface area (Å²) in [6, 6.07) is 4.13. The molecule has 0 saturated carbocycles. The van der Waals surface area contributed by atoms with E-state index < -0.39 is 0 Å². The molecule has 2 fully saturated rings. The molecule has 2 saturated heterocycles. The van der Waals surface area contributed by atoms with E-state index >= 15 is 0 Å². The Kier molecular flexibility index (Phi) is 3.24. The monoisotopic (exact) mass is 272 g/mol. The van der Waals surface area contributed by atoms with Crippen LogP contribution in [0.15, 0.2) is 18.7 Å². The number of hydrogen-bond donors (Lipinski definition) is 0. The predicted molar refractivity (Wildman–Crippen MR) is 78.6 cm³/mol. The third kappa shape index (κ3) is 2.42. The maximum absolute atomic E-state index is 11.3. The Morgan fingerprint density at radius 1 is 1.35 bits per heavy atom. The first kappa shape index (κ1) is 13.2. The van der Waals surface area contributed by atoms with Crippen LogP contribution >= 0.6 is 0 Å². The first-order valence-electron chi connectivity index (χ1n) is 7.18. The zero-order valence-corrected chi connectivity index (χ0v) is 11.9. The summed E-state index contributed by atoms with van der Waals surface area (Å²) in [5.74, 6) is 0.958. The number of aryl methyl sites for hydroxylation is 1. The lowest BCUT2D eigenvalue weighted by molar-refractivity contribution is -0.149. The smallest absolute Gasteiger partial charge is 0.306 e. The number of pyridine rings is 1. The Labute approximate surface area is 119 Å². The highest BCUT2D eigenvalue weighted by molar-refractivity contribution is 5.72. The molecule has 1 spiro atoms. The van der Waals surface area contributed by atoms with Crippen LogP contribution in [0.3, 0.4) is 0 Å². The normalized spacial score (nSPS) is 21.1. The third-order valence-corrected chi connectivity index (χ3v) is 4.30. The minimum Gasteiger partial charge on any atom is -0.459 e. The van der Waals surface area contributed by atoms with Crippen LogP contribution in [0.1, 0.15) is 36.9 Å². The SMILES string of the molecule is C=Cc1cc(C)cc(N2CCC3(CCC(=O)O3)CC2)n1. The fourth-order valence-corrected chi connectivity index (χ4v) is 3.11. The lowest BCUT2D eigenvalue weighted by atomic mass is 9.88. The van der Waals surface area contributed by atoms with Crippen LogP contribution in [0.4, 0.5) is 5.82 Å². The van der Waals surface area contributed by atoms with Gasteiger partial charge in [0, 0.05) is 32.4 Å². The van der Waals surface area contributed by atoms with Crippen molar-refractivity contribution in [2.75, 3.05) is 18.0 Å². The van der Waals surface area contributed by atoms with Gasteiger partial charge in [-0.1, -0.05) is 6.58 Å². The summed E-state index contributed by atoms with van der Waals surface area (Å²) in [7, 11) is 0. The molecule has 0 unspecified atom stereocenters. The van der Waals surface area contributed by atoms with Crippen molar-refractivity contribution in [3.05, 3.63) is 30.0 Å². The van der Waals surface area contributed by atoms with Gasteiger partial charge in [-0.3, -0.25) is 4.79 Å². The van der Waals surface area contributed by atoms with E-state index in [0.29, 0.717) is 6.42 Å². The molecular weight excluding hydrogens is 252 g/mol. The van der Waals surface area contributed by atoms with Gasteiger partial charge in [0.25, 0.3) is 0 Å². The summed E-state index contributed by atoms with van der Waals surface area (Å²) >= 11 is 0. The molecule has 2 aliphatic rings. The van der Waals surface area contributed by atoms with Crippen LogP contribution in [0.25, 0.3) is 6.08 Å². The van der Waals surface area contributed by atoms with Crippen molar-refractivity contribution in [1.82, 2.24) is 4.98 Å². The molecule has 0 atom stereocenters. The quantitative estimate of drug-likeness (QED) is 0.776. The molecule has 0 radical (unpaired) electrons. The molecule has 3 rings (SSSR count). The number of aromatic nitrogens is 1. The van der Waals surface area contributed by atoms with Gasteiger partial charge in [0.1, 0.15) is 11.4 Å². The second kappa shape index (κ2) is 4.93. The van der Waals surface area contributed by atoms with E-state index in [1.807, 2.05) is 6.07 Å². The third-order valence-electron chi connectivity index (χ3n) is 4.30. The van der Waals surface area contributed by atoms with E-state index in [2.05, 4.69) is 29.5 Å². The molecule has 2 aliphatic heterocycles. The van der Waals surface area contributed by atoms with Crippen LogP contribution in [0.2, 0.25) is 0 Å². The van der Waals surface area contributed by atoms with Crippen LogP contribution in [-0.4, -0.2) is 29.6 Å². The number of carbonyl (C=O) groups is 1. The topological polar surface area (TPSA) is 42.4 Å². The van der Waals surface area contributed by atoms with E-state index in [1.54, 1.807) is 6.08 Å². The molecule has 0 amide bonds. The van der Waals surface area contributed by atoms with Gasteiger partial charge in [-0.25, -0.2) is 4.98 Å². The summed E-state index contributed by atoms with van der Waals surface area (Å²) < 4.78 is 5.54. The average Bonchev–Trinajstić information content (AvgIpc) is 2.80. The first-order valence-corrected chi connectivity index (χ1v) is 7.18. The van der Waals surface area contributed by atoms with Crippen molar-refractivity contribution < 1.29 is 9.53 Å². The number of carbonyl (C=O) groups excluding carboxylic acids is 1. The van der Waals surface area contributed by atoms with Crippen molar-refractivity contribution in [1.29, 1.82) is 0 Å². The fourth-order valence-electron chi connectivity index (χ4n) is 3.11. The fraction of sp³-hybridized carbons (Fsp3) is 0.500. The number of esters is 1. The zero-order valence-electron chi connectivity index (χ0n) is 11.9. The summed E-state index contributed by atoms with van der Waals surface area (Å²) in [5.41, 5.74) is 1.91.